The Labute approximate surface area is 76.4 Å². The zero-order valence-electron chi connectivity index (χ0n) is 5.92. The largest absolute Gasteiger partial charge is 0.481 e. The summed E-state index contributed by atoms with van der Waals surface area (Å²) in [4.78, 5) is 14.0. The molecule has 3 nitrogen and oxygen atoms in total. The van der Waals surface area contributed by atoms with Gasteiger partial charge in [0, 0.05) is 6.20 Å². The van der Waals surface area contributed by atoms with Gasteiger partial charge < -0.3 is 5.11 Å². The molecule has 0 fully saturated rings. The maximum atomic E-state index is 12.7. The summed E-state index contributed by atoms with van der Waals surface area (Å²) in [6.07, 6.45) is 0.955. The van der Waals surface area contributed by atoms with Gasteiger partial charge in [0.15, 0.2) is 0 Å². The molecule has 0 radical (unpaired) electrons. The summed E-state index contributed by atoms with van der Waals surface area (Å²) in [5.41, 5.74) is 0.197. The lowest BCUT2D eigenvalue weighted by Gasteiger charge is -1.99. The Morgan fingerprint density at radius 2 is 2.42 bits per heavy atom. The van der Waals surface area contributed by atoms with Crippen LogP contribution in [0.15, 0.2) is 16.7 Å². The SMILES string of the molecule is O=C(O)Cc1nccc(F)c1Br. The third kappa shape index (κ3) is 2.01. The van der Waals surface area contributed by atoms with E-state index in [0.717, 1.165) is 6.07 Å². The molecule has 1 rings (SSSR count). The molecule has 0 saturated carbocycles. The first-order chi connectivity index (χ1) is 5.61. The number of rotatable bonds is 2. The summed E-state index contributed by atoms with van der Waals surface area (Å²) in [5, 5.41) is 8.40. The van der Waals surface area contributed by atoms with E-state index < -0.39 is 11.8 Å². The van der Waals surface area contributed by atoms with Crippen LogP contribution in [-0.4, -0.2) is 16.1 Å². The van der Waals surface area contributed by atoms with E-state index in [1.807, 2.05) is 0 Å². The summed E-state index contributed by atoms with van der Waals surface area (Å²) in [6, 6.07) is 1.16. The zero-order valence-corrected chi connectivity index (χ0v) is 7.51. The van der Waals surface area contributed by atoms with Crippen LogP contribution in [0.3, 0.4) is 0 Å². The van der Waals surface area contributed by atoms with E-state index in [2.05, 4.69) is 20.9 Å². The Bertz CT molecular complexity index is 316. The van der Waals surface area contributed by atoms with Crippen molar-refractivity contribution < 1.29 is 14.3 Å². The highest BCUT2D eigenvalue weighted by molar-refractivity contribution is 9.10. The third-order valence-electron chi connectivity index (χ3n) is 1.23. The van der Waals surface area contributed by atoms with Crippen molar-refractivity contribution in [3.05, 3.63) is 28.2 Å². The molecule has 12 heavy (non-hydrogen) atoms. The fraction of sp³-hybridized carbons (Fsp3) is 0.143. The highest BCUT2D eigenvalue weighted by Gasteiger charge is 2.09. The van der Waals surface area contributed by atoms with Gasteiger partial charge in [0.05, 0.1) is 16.6 Å². The number of carboxylic acid groups (broad SMARTS) is 1. The zero-order chi connectivity index (χ0) is 9.14. The molecule has 0 aliphatic heterocycles. The van der Waals surface area contributed by atoms with Gasteiger partial charge >= 0.3 is 5.97 Å². The first-order valence-corrected chi connectivity index (χ1v) is 3.91. The van der Waals surface area contributed by atoms with Crippen molar-refractivity contribution in [3.63, 3.8) is 0 Å². The number of nitrogens with zero attached hydrogens (tertiary/aromatic N) is 1. The predicted octanol–water partition coefficient (Wildman–Crippen LogP) is 1.61. The van der Waals surface area contributed by atoms with Crippen molar-refractivity contribution >= 4 is 21.9 Å². The van der Waals surface area contributed by atoms with Gasteiger partial charge in [-0.05, 0) is 22.0 Å². The Morgan fingerprint density at radius 1 is 1.75 bits per heavy atom. The van der Waals surface area contributed by atoms with E-state index >= 15 is 0 Å². The second kappa shape index (κ2) is 3.62. The van der Waals surface area contributed by atoms with Crippen LogP contribution >= 0.6 is 15.9 Å². The summed E-state index contributed by atoms with van der Waals surface area (Å²) in [6.45, 7) is 0. The monoisotopic (exact) mass is 233 g/mol. The number of halogens is 2. The number of carboxylic acids is 1. The minimum absolute atomic E-state index is 0.118. The second-order valence-corrected chi connectivity index (χ2v) is 2.92. The molecule has 1 aromatic heterocycles. The van der Waals surface area contributed by atoms with Crippen LogP contribution in [0.25, 0.3) is 0 Å². The molecule has 0 amide bonds. The van der Waals surface area contributed by atoms with Gasteiger partial charge in [-0.25, -0.2) is 4.39 Å². The van der Waals surface area contributed by atoms with E-state index in [0.29, 0.717) is 0 Å². The van der Waals surface area contributed by atoms with Crippen LogP contribution in [0.4, 0.5) is 4.39 Å². The Morgan fingerprint density at radius 3 is 3.00 bits per heavy atom. The van der Waals surface area contributed by atoms with Gasteiger partial charge in [0.25, 0.3) is 0 Å². The van der Waals surface area contributed by atoms with Crippen LogP contribution < -0.4 is 0 Å². The minimum atomic E-state index is -1.03. The molecular weight excluding hydrogens is 229 g/mol. The number of aromatic nitrogens is 1. The van der Waals surface area contributed by atoms with E-state index in [-0.39, 0.29) is 16.6 Å². The normalized spacial score (nSPS) is 9.83. The summed E-state index contributed by atoms with van der Waals surface area (Å²) in [7, 11) is 0. The second-order valence-electron chi connectivity index (χ2n) is 2.12. The van der Waals surface area contributed by atoms with Crippen molar-refractivity contribution in [2.75, 3.05) is 0 Å². The molecule has 0 atom stereocenters. The molecule has 0 spiro atoms. The number of pyridine rings is 1. The molecule has 1 heterocycles. The van der Waals surface area contributed by atoms with E-state index in [1.54, 1.807) is 0 Å². The summed E-state index contributed by atoms with van der Waals surface area (Å²) < 4.78 is 12.9. The maximum absolute atomic E-state index is 12.7. The van der Waals surface area contributed by atoms with Gasteiger partial charge in [-0.2, -0.15) is 0 Å². The average Bonchev–Trinajstić information content (AvgIpc) is 1.98. The molecule has 0 aliphatic carbocycles. The molecule has 0 unspecified atom stereocenters. The summed E-state index contributed by atoms with van der Waals surface area (Å²) >= 11 is 2.91. The van der Waals surface area contributed by atoms with Crippen molar-refractivity contribution in [2.45, 2.75) is 6.42 Å². The number of carbonyl (C=O) groups is 1. The van der Waals surface area contributed by atoms with Crippen LogP contribution in [0.2, 0.25) is 0 Å². The van der Waals surface area contributed by atoms with Crippen LogP contribution in [0.5, 0.6) is 0 Å². The van der Waals surface area contributed by atoms with Crippen LogP contribution in [0.1, 0.15) is 5.69 Å². The van der Waals surface area contributed by atoms with Gasteiger partial charge in [-0.1, -0.05) is 0 Å². The predicted molar refractivity (Wildman–Crippen MR) is 43.2 cm³/mol. The van der Waals surface area contributed by atoms with Crippen molar-refractivity contribution in [1.29, 1.82) is 0 Å². The maximum Gasteiger partial charge on any atom is 0.309 e. The van der Waals surface area contributed by atoms with Gasteiger partial charge in [-0.3, -0.25) is 9.78 Å². The van der Waals surface area contributed by atoms with E-state index in [4.69, 9.17) is 5.11 Å². The van der Waals surface area contributed by atoms with Crippen molar-refractivity contribution in [3.8, 4) is 0 Å². The molecule has 0 bridgehead atoms. The molecule has 0 aromatic carbocycles. The molecule has 0 aliphatic rings. The fourth-order valence-electron chi connectivity index (χ4n) is 0.727. The lowest BCUT2D eigenvalue weighted by molar-refractivity contribution is -0.136. The first-order valence-electron chi connectivity index (χ1n) is 3.12. The topological polar surface area (TPSA) is 50.2 Å². The van der Waals surface area contributed by atoms with Crippen molar-refractivity contribution in [2.24, 2.45) is 0 Å². The number of hydrogen-bond donors (Lipinski definition) is 1. The number of hydrogen-bond acceptors (Lipinski definition) is 2. The Balaban J connectivity index is 3.00. The first kappa shape index (κ1) is 9.12. The van der Waals surface area contributed by atoms with Gasteiger partial charge in [-0.15, -0.1) is 0 Å². The van der Waals surface area contributed by atoms with Crippen LogP contribution in [0, 0.1) is 5.82 Å². The molecule has 5 heteroatoms. The number of aliphatic carboxylic acids is 1. The highest BCUT2D eigenvalue weighted by atomic mass is 79.9. The van der Waals surface area contributed by atoms with E-state index in [9.17, 15) is 9.18 Å². The molecular formula is C7H5BrFNO2. The Kier molecular flexibility index (Phi) is 2.75. The lowest BCUT2D eigenvalue weighted by Crippen LogP contribution is -2.03. The third-order valence-corrected chi connectivity index (χ3v) is 2.07. The smallest absolute Gasteiger partial charge is 0.309 e. The van der Waals surface area contributed by atoms with Crippen molar-refractivity contribution in [1.82, 2.24) is 4.98 Å². The highest BCUT2D eigenvalue weighted by Crippen LogP contribution is 2.18. The molecule has 1 N–H and O–H groups in total. The van der Waals surface area contributed by atoms with Crippen LogP contribution in [-0.2, 0) is 11.2 Å². The average molecular weight is 234 g/mol. The Hall–Kier alpha value is -0.970. The lowest BCUT2D eigenvalue weighted by atomic mass is 10.3. The minimum Gasteiger partial charge on any atom is -0.481 e. The molecule has 1 aromatic rings. The van der Waals surface area contributed by atoms with E-state index in [1.165, 1.54) is 6.20 Å². The fourth-order valence-corrected chi connectivity index (χ4v) is 1.10. The standard InChI is InChI=1S/C7H5BrFNO2/c8-7-4(9)1-2-10-5(7)3-6(11)12/h1-2H,3H2,(H,11,12). The summed E-state index contributed by atoms with van der Waals surface area (Å²) in [5.74, 6) is -1.53. The van der Waals surface area contributed by atoms with Gasteiger partial charge in [0.1, 0.15) is 5.82 Å². The van der Waals surface area contributed by atoms with Gasteiger partial charge in [0.2, 0.25) is 0 Å². The quantitative estimate of drug-likeness (QED) is 0.845. The molecule has 0 saturated heterocycles. The molecule has 64 valence electrons.